The zero-order valence-corrected chi connectivity index (χ0v) is 17.9. The fourth-order valence-electron chi connectivity index (χ4n) is 2.54. The Labute approximate surface area is 174 Å². The number of carbonyl (C=O) groups excluding carboxylic acids is 1. The molecule has 0 atom stereocenters. The number of hydrogen-bond acceptors (Lipinski definition) is 6. The number of sulfonamides is 1. The third-order valence-corrected chi connectivity index (χ3v) is 5.55. The van der Waals surface area contributed by atoms with Crippen LogP contribution in [-0.2, 0) is 21.8 Å². The van der Waals surface area contributed by atoms with Crippen molar-refractivity contribution in [2.24, 2.45) is 7.05 Å². The number of benzene rings is 1. The van der Waals surface area contributed by atoms with Crippen molar-refractivity contribution >= 4 is 50.7 Å². The van der Waals surface area contributed by atoms with E-state index in [0.717, 1.165) is 5.69 Å². The van der Waals surface area contributed by atoms with E-state index in [1.54, 1.807) is 26.1 Å². The van der Waals surface area contributed by atoms with Crippen molar-refractivity contribution in [1.29, 1.82) is 0 Å². The van der Waals surface area contributed by atoms with Crippen molar-refractivity contribution in [2.45, 2.75) is 11.8 Å². The predicted molar refractivity (Wildman–Crippen MR) is 110 cm³/mol. The zero-order chi connectivity index (χ0) is 20.7. The fraction of sp³-hybridized carbons (Fsp3) is 0.412. The molecule has 28 heavy (non-hydrogen) atoms. The van der Waals surface area contributed by atoms with Crippen LogP contribution in [0.25, 0.3) is 0 Å². The van der Waals surface area contributed by atoms with Gasteiger partial charge in [-0.15, -0.1) is 23.2 Å². The first-order valence-corrected chi connectivity index (χ1v) is 11.1. The number of nitrogens with zero attached hydrogens (tertiary/aromatic N) is 3. The second-order valence-corrected chi connectivity index (χ2v) is 8.18. The van der Waals surface area contributed by atoms with Crippen molar-refractivity contribution < 1.29 is 17.9 Å². The fourth-order valence-corrected chi connectivity index (χ4v) is 3.97. The number of alkyl halides is 2. The molecule has 0 unspecified atom stereocenters. The van der Waals surface area contributed by atoms with E-state index in [1.807, 2.05) is 4.90 Å². The molecule has 0 bridgehead atoms. The Morgan fingerprint density at radius 1 is 1.21 bits per heavy atom. The summed E-state index contributed by atoms with van der Waals surface area (Å²) in [6, 6.07) is 6.30. The van der Waals surface area contributed by atoms with Gasteiger partial charge in [0.15, 0.2) is 11.5 Å². The number of aromatic nitrogens is 2. The molecule has 0 aliphatic rings. The average Bonchev–Trinajstić information content (AvgIpc) is 3.01. The molecule has 154 valence electrons. The topological polar surface area (TPSA) is 93.5 Å². The second kappa shape index (κ2) is 9.99. The summed E-state index contributed by atoms with van der Waals surface area (Å²) in [6.45, 7) is 3.01. The van der Waals surface area contributed by atoms with Crippen LogP contribution in [0.1, 0.15) is 17.4 Å². The number of imidazole rings is 1. The van der Waals surface area contributed by atoms with E-state index in [4.69, 9.17) is 27.9 Å². The number of ether oxygens (including phenoxy) is 1. The lowest BCUT2D eigenvalue weighted by atomic mass is 10.3. The maximum atomic E-state index is 12.7. The van der Waals surface area contributed by atoms with Crippen molar-refractivity contribution in [3.05, 3.63) is 36.3 Å². The first kappa shape index (κ1) is 22.3. The van der Waals surface area contributed by atoms with E-state index in [0.29, 0.717) is 24.8 Å². The molecule has 0 radical (unpaired) electrons. The summed E-state index contributed by atoms with van der Waals surface area (Å²) < 4.78 is 34.1. The van der Waals surface area contributed by atoms with Crippen LogP contribution >= 0.6 is 23.2 Å². The van der Waals surface area contributed by atoms with Crippen LogP contribution in [0.3, 0.4) is 0 Å². The average molecular weight is 449 g/mol. The maximum absolute atomic E-state index is 12.7. The van der Waals surface area contributed by atoms with E-state index in [-0.39, 0.29) is 23.0 Å². The highest BCUT2D eigenvalue weighted by Gasteiger charge is 2.23. The number of esters is 1. The van der Waals surface area contributed by atoms with E-state index < -0.39 is 16.0 Å². The number of rotatable bonds is 10. The molecule has 2 aromatic rings. The molecule has 1 N–H and O–H groups in total. The number of hydrogen-bond donors (Lipinski definition) is 1. The number of aryl methyl sites for hydroxylation is 1. The maximum Gasteiger partial charge on any atom is 0.358 e. The summed E-state index contributed by atoms with van der Waals surface area (Å²) >= 11 is 11.6. The quantitative estimate of drug-likeness (QED) is 0.443. The van der Waals surface area contributed by atoms with Gasteiger partial charge in [0.25, 0.3) is 10.0 Å². The standard InChI is InChI=1S/C17H22Cl2N4O4S/c1-3-27-17(24)15-16(20-12-22(15)2)21-28(25,26)14-6-4-13(5-7-14)23(10-8-18)11-9-19/h4-7,12,21H,3,8-11H2,1-2H3. The molecule has 8 nitrogen and oxygen atoms in total. The minimum absolute atomic E-state index is 0.0254. The molecule has 1 aromatic heterocycles. The van der Waals surface area contributed by atoms with Crippen LogP contribution in [-0.4, -0.2) is 55.4 Å². The Kier molecular flexibility index (Phi) is 7.97. The summed E-state index contributed by atoms with van der Waals surface area (Å²) in [5.41, 5.74) is 0.836. The molecule has 0 aliphatic heterocycles. The molecule has 2 rings (SSSR count). The SMILES string of the molecule is CCOC(=O)c1c(NS(=O)(=O)c2ccc(N(CCCl)CCCl)cc2)ncn1C. The van der Waals surface area contributed by atoms with Gasteiger partial charge in [-0.25, -0.2) is 18.2 Å². The monoisotopic (exact) mass is 448 g/mol. The molecule has 1 aromatic carbocycles. The van der Waals surface area contributed by atoms with Crippen LogP contribution in [0.15, 0.2) is 35.5 Å². The van der Waals surface area contributed by atoms with Crippen molar-refractivity contribution in [3.8, 4) is 0 Å². The van der Waals surface area contributed by atoms with Gasteiger partial charge in [0, 0.05) is 37.6 Å². The van der Waals surface area contributed by atoms with Crippen molar-refractivity contribution in [3.63, 3.8) is 0 Å². The van der Waals surface area contributed by atoms with E-state index in [1.165, 1.54) is 23.0 Å². The summed E-state index contributed by atoms with van der Waals surface area (Å²) in [7, 11) is -2.36. The van der Waals surface area contributed by atoms with Gasteiger partial charge in [0.1, 0.15) is 0 Å². The third-order valence-electron chi connectivity index (χ3n) is 3.86. The smallest absolute Gasteiger partial charge is 0.358 e. The van der Waals surface area contributed by atoms with Gasteiger partial charge >= 0.3 is 5.97 Å². The molecular weight excluding hydrogens is 427 g/mol. The molecular formula is C17H22Cl2N4O4S. The zero-order valence-electron chi connectivity index (χ0n) is 15.6. The highest BCUT2D eigenvalue weighted by Crippen LogP contribution is 2.22. The summed E-state index contributed by atoms with van der Waals surface area (Å²) in [5.74, 6) is 0.105. The van der Waals surface area contributed by atoms with Crippen LogP contribution < -0.4 is 9.62 Å². The number of anilines is 2. The minimum Gasteiger partial charge on any atom is -0.461 e. The first-order chi connectivity index (χ1) is 13.3. The van der Waals surface area contributed by atoms with Crippen LogP contribution in [0, 0.1) is 0 Å². The lowest BCUT2D eigenvalue weighted by Gasteiger charge is -2.23. The molecule has 0 amide bonds. The van der Waals surface area contributed by atoms with Crippen LogP contribution in [0.5, 0.6) is 0 Å². The van der Waals surface area contributed by atoms with Gasteiger partial charge in [-0.1, -0.05) is 0 Å². The van der Waals surface area contributed by atoms with Crippen molar-refractivity contribution in [1.82, 2.24) is 9.55 Å². The van der Waals surface area contributed by atoms with Gasteiger partial charge in [-0.05, 0) is 31.2 Å². The highest BCUT2D eigenvalue weighted by molar-refractivity contribution is 7.92. The summed E-state index contributed by atoms with van der Waals surface area (Å²) in [4.78, 5) is 18.0. The van der Waals surface area contributed by atoms with Crippen LogP contribution in [0.4, 0.5) is 11.5 Å². The van der Waals surface area contributed by atoms with Gasteiger partial charge < -0.3 is 14.2 Å². The first-order valence-electron chi connectivity index (χ1n) is 8.52. The predicted octanol–water partition coefficient (Wildman–Crippen LogP) is 2.68. The molecule has 0 fully saturated rings. The number of carbonyl (C=O) groups is 1. The van der Waals surface area contributed by atoms with Gasteiger partial charge in [0.2, 0.25) is 0 Å². The summed E-state index contributed by atoms with van der Waals surface area (Å²) in [6.07, 6.45) is 1.34. The summed E-state index contributed by atoms with van der Waals surface area (Å²) in [5, 5.41) is 0. The molecule has 0 saturated heterocycles. The molecule has 1 heterocycles. The van der Waals surface area contributed by atoms with Gasteiger partial charge in [-0.2, -0.15) is 0 Å². The molecule has 0 spiro atoms. The van der Waals surface area contributed by atoms with E-state index >= 15 is 0 Å². The van der Waals surface area contributed by atoms with Crippen LogP contribution in [0.2, 0.25) is 0 Å². The third kappa shape index (κ3) is 5.30. The minimum atomic E-state index is -3.94. The normalized spacial score (nSPS) is 11.3. The number of halogens is 2. The van der Waals surface area contributed by atoms with Gasteiger partial charge in [-0.3, -0.25) is 4.72 Å². The molecule has 0 aliphatic carbocycles. The Morgan fingerprint density at radius 3 is 2.36 bits per heavy atom. The largest absolute Gasteiger partial charge is 0.461 e. The van der Waals surface area contributed by atoms with E-state index in [2.05, 4.69) is 9.71 Å². The molecule has 11 heteroatoms. The van der Waals surface area contributed by atoms with Gasteiger partial charge in [0.05, 0.1) is 17.8 Å². The molecule has 0 saturated carbocycles. The highest BCUT2D eigenvalue weighted by atomic mass is 35.5. The lowest BCUT2D eigenvalue weighted by Crippen LogP contribution is -2.27. The lowest BCUT2D eigenvalue weighted by molar-refractivity contribution is 0.0516. The van der Waals surface area contributed by atoms with E-state index in [9.17, 15) is 13.2 Å². The second-order valence-electron chi connectivity index (χ2n) is 5.74. The number of nitrogens with one attached hydrogen (secondary N) is 1. The Bertz CT molecular complexity index is 894. The Balaban J connectivity index is 2.25. The Morgan fingerprint density at radius 2 is 1.82 bits per heavy atom. The Hall–Kier alpha value is -1.97. The van der Waals surface area contributed by atoms with Crippen molar-refractivity contribution in [2.75, 3.05) is 41.1 Å².